The number of carbonyl (C=O) groups excluding carboxylic acids is 2. The molecule has 3 aromatic rings. The summed E-state index contributed by atoms with van der Waals surface area (Å²) < 4.78 is 39.4. The summed E-state index contributed by atoms with van der Waals surface area (Å²) >= 11 is 0. The molecule has 1 aliphatic heterocycles. The second-order valence-electron chi connectivity index (χ2n) is 7.77. The van der Waals surface area contributed by atoms with Crippen molar-refractivity contribution in [1.29, 1.82) is 0 Å². The smallest absolute Gasteiger partial charge is 0.338 e. The van der Waals surface area contributed by atoms with Crippen molar-refractivity contribution in [3.8, 4) is 0 Å². The lowest BCUT2D eigenvalue weighted by molar-refractivity contribution is -0.137. The van der Waals surface area contributed by atoms with E-state index >= 15 is 0 Å². The van der Waals surface area contributed by atoms with Crippen LogP contribution in [0.4, 0.5) is 18.9 Å². The predicted octanol–water partition coefficient (Wildman–Crippen LogP) is 4.85. The molecule has 0 aliphatic carbocycles. The third-order valence-electron chi connectivity index (χ3n) is 5.65. The first kappa shape index (κ1) is 21.7. The number of amides is 2. The molecule has 32 heavy (non-hydrogen) atoms. The summed E-state index contributed by atoms with van der Waals surface area (Å²) in [6.45, 7) is 0.729. The Kier molecular flexibility index (Phi) is 6.03. The second-order valence-corrected chi connectivity index (χ2v) is 7.77. The number of alkyl halides is 3. The molecule has 1 heterocycles. The van der Waals surface area contributed by atoms with Crippen LogP contribution in [0.2, 0.25) is 0 Å². The van der Waals surface area contributed by atoms with E-state index < -0.39 is 23.6 Å². The quantitative estimate of drug-likeness (QED) is 0.569. The average Bonchev–Trinajstić information content (AvgIpc) is 2.81. The van der Waals surface area contributed by atoms with E-state index in [1.165, 1.54) is 18.2 Å². The molecule has 0 saturated carbocycles. The number of rotatable bonds is 4. The highest BCUT2D eigenvalue weighted by atomic mass is 19.4. The van der Waals surface area contributed by atoms with Crippen molar-refractivity contribution in [2.75, 3.05) is 18.5 Å². The number of carbonyl (C=O) groups is 2. The second kappa shape index (κ2) is 8.90. The van der Waals surface area contributed by atoms with E-state index in [1.54, 1.807) is 11.0 Å². The number of likely N-dealkylation sites (tertiary alicyclic amines) is 1. The van der Waals surface area contributed by atoms with Gasteiger partial charge in [-0.15, -0.1) is 0 Å². The van der Waals surface area contributed by atoms with E-state index in [9.17, 15) is 22.8 Å². The number of hydrogen-bond acceptors (Lipinski definition) is 3. The van der Waals surface area contributed by atoms with Gasteiger partial charge in [-0.05, 0) is 41.8 Å². The third kappa shape index (κ3) is 4.54. The topological polar surface area (TPSA) is 61.4 Å². The van der Waals surface area contributed by atoms with Crippen LogP contribution in [-0.2, 0) is 11.0 Å². The maximum Gasteiger partial charge on any atom is 0.418 e. The van der Waals surface area contributed by atoms with Crippen molar-refractivity contribution < 1.29 is 22.8 Å². The molecular formula is C24H22F3N3O2. The zero-order valence-electron chi connectivity index (χ0n) is 17.2. The van der Waals surface area contributed by atoms with Crippen molar-refractivity contribution in [1.82, 2.24) is 10.3 Å². The van der Waals surface area contributed by atoms with Gasteiger partial charge < -0.3 is 4.90 Å². The number of fused-ring (bicyclic) bond motifs is 1. The summed E-state index contributed by atoms with van der Waals surface area (Å²) in [5, 5.41) is 1.80. The van der Waals surface area contributed by atoms with Crippen molar-refractivity contribution >= 4 is 28.3 Å². The maximum absolute atomic E-state index is 13.2. The number of para-hydroxylation sites is 1. The number of hydrogen-bond donors (Lipinski definition) is 2. The molecule has 0 radical (unpaired) electrons. The molecule has 1 saturated heterocycles. The van der Waals surface area contributed by atoms with E-state index in [4.69, 9.17) is 0 Å². The van der Waals surface area contributed by atoms with Crippen LogP contribution >= 0.6 is 0 Å². The SMILES string of the molecule is O=C(NNc1ccccc1C(F)(F)F)C1CCCN(C(=O)c2cccc3ccccc23)C1. The Morgan fingerprint density at radius 3 is 2.47 bits per heavy atom. The van der Waals surface area contributed by atoms with Gasteiger partial charge >= 0.3 is 6.18 Å². The van der Waals surface area contributed by atoms with Gasteiger partial charge in [-0.1, -0.05) is 48.5 Å². The summed E-state index contributed by atoms with van der Waals surface area (Å²) in [4.78, 5) is 27.5. The molecule has 1 aliphatic rings. The van der Waals surface area contributed by atoms with Crippen LogP contribution in [0.5, 0.6) is 0 Å². The molecule has 0 bridgehead atoms. The first-order chi connectivity index (χ1) is 15.3. The Hall–Kier alpha value is -3.55. The van der Waals surface area contributed by atoms with Crippen LogP contribution in [0.25, 0.3) is 10.8 Å². The zero-order chi connectivity index (χ0) is 22.7. The van der Waals surface area contributed by atoms with Gasteiger partial charge in [0.05, 0.1) is 17.2 Å². The standard InChI is InChI=1S/C24H22F3N3O2/c25-24(26,27)20-12-3-4-13-21(20)28-29-22(31)17-9-6-14-30(15-17)23(32)19-11-5-8-16-7-1-2-10-18(16)19/h1-5,7-8,10-13,17,28H,6,9,14-15H2,(H,29,31). The fraction of sp³-hybridized carbons (Fsp3) is 0.250. The fourth-order valence-electron chi connectivity index (χ4n) is 4.03. The Balaban J connectivity index is 1.44. The number of halogens is 3. The van der Waals surface area contributed by atoms with Crippen molar-refractivity contribution in [3.05, 3.63) is 77.9 Å². The Morgan fingerprint density at radius 2 is 1.66 bits per heavy atom. The maximum atomic E-state index is 13.2. The van der Waals surface area contributed by atoms with Crippen molar-refractivity contribution in [3.63, 3.8) is 0 Å². The zero-order valence-corrected chi connectivity index (χ0v) is 17.2. The highest BCUT2D eigenvalue weighted by molar-refractivity contribution is 6.07. The van der Waals surface area contributed by atoms with E-state index in [0.717, 1.165) is 16.8 Å². The van der Waals surface area contributed by atoms with Gasteiger partial charge in [-0.3, -0.25) is 20.4 Å². The lowest BCUT2D eigenvalue weighted by Crippen LogP contribution is -2.46. The van der Waals surface area contributed by atoms with Gasteiger partial charge in [-0.25, -0.2) is 0 Å². The van der Waals surface area contributed by atoms with E-state index in [1.807, 2.05) is 36.4 Å². The first-order valence-electron chi connectivity index (χ1n) is 10.3. The molecule has 166 valence electrons. The highest BCUT2D eigenvalue weighted by Gasteiger charge is 2.34. The molecular weight excluding hydrogens is 419 g/mol. The summed E-state index contributed by atoms with van der Waals surface area (Å²) in [6, 6.07) is 18.1. The highest BCUT2D eigenvalue weighted by Crippen LogP contribution is 2.34. The first-order valence-corrected chi connectivity index (χ1v) is 10.3. The lowest BCUT2D eigenvalue weighted by Gasteiger charge is -2.32. The summed E-state index contributed by atoms with van der Waals surface area (Å²) in [7, 11) is 0. The van der Waals surface area contributed by atoms with E-state index in [2.05, 4.69) is 10.9 Å². The Morgan fingerprint density at radius 1 is 0.938 bits per heavy atom. The molecule has 3 aromatic carbocycles. The number of piperidine rings is 1. The van der Waals surface area contributed by atoms with Crippen LogP contribution in [-0.4, -0.2) is 29.8 Å². The van der Waals surface area contributed by atoms with Gasteiger partial charge in [0.2, 0.25) is 5.91 Å². The molecule has 8 heteroatoms. The molecule has 4 rings (SSSR count). The molecule has 2 N–H and O–H groups in total. The minimum absolute atomic E-state index is 0.158. The van der Waals surface area contributed by atoms with Gasteiger partial charge in [-0.2, -0.15) is 13.2 Å². The minimum atomic E-state index is -4.54. The minimum Gasteiger partial charge on any atom is -0.338 e. The molecule has 1 unspecified atom stereocenters. The van der Waals surface area contributed by atoms with E-state index in [0.29, 0.717) is 24.9 Å². The molecule has 0 aromatic heterocycles. The normalized spacial score (nSPS) is 16.6. The van der Waals surface area contributed by atoms with Crippen LogP contribution in [0, 0.1) is 5.92 Å². The van der Waals surface area contributed by atoms with Crippen LogP contribution in [0.15, 0.2) is 66.7 Å². The van der Waals surface area contributed by atoms with Crippen LogP contribution < -0.4 is 10.9 Å². The predicted molar refractivity (Wildman–Crippen MR) is 116 cm³/mol. The van der Waals surface area contributed by atoms with Crippen LogP contribution in [0.3, 0.4) is 0 Å². The largest absolute Gasteiger partial charge is 0.418 e. The van der Waals surface area contributed by atoms with Crippen molar-refractivity contribution in [2.24, 2.45) is 5.92 Å². The number of hydrazine groups is 1. The molecule has 2 amide bonds. The van der Waals surface area contributed by atoms with Gasteiger partial charge in [0.1, 0.15) is 0 Å². The average molecular weight is 441 g/mol. The number of nitrogens with zero attached hydrogens (tertiary/aromatic N) is 1. The van der Waals surface area contributed by atoms with Gasteiger partial charge in [0.15, 0.2) is 0 Å². The van der Waals surface area contributed by atoms with Gasteiger partial charge in [0.25, 0.3) is 5.91 Å². The van der Waals surface area contributed by atoms with Crippen molar-refractivity contribution in [2.45, 2.75) is 19.0 Å². The Labute approximate surface area is 183 Å². The summed E-state index contributed by atoms with van der Waals surface area (Å²) in [6.07, 6.45) is -3.36. The number of nitrogens with one attached hydrogen (secondary N) is 2. The van der Waals surface area contributed by atoms with Gasteiger partial charge in [0, 0.05) is 18.7 Å². The Bertz CT molecular complexity index is 1140. The summed E-state index contributed by atoms with van der Waals surface area (Å²) in [5.74, 6) is -1.12. The molecule has 0 spiro atoms. The van der Waals surface area contributed by atoms with Crippen LogP contribution in [0.1, 0.15) is 28.8 Å². The lowest BCUT2D eigenvalue weighted by atomic mass is 9.96. The summed E-state index contributed by atoms with van der Waals surface area (Å²) in [5.41, 5.74) is 4.25. The molecule has 1 atom stereocenters. The van der Waals surface area contributed by atoms with E-state index in [-0.39, 0.29) is 18.1 Å². The molecule has 5 nitrogen and oxygen atoms in total. The fourth-order valence-corrected chi connectivity index (χ4v) is 4.03. The third-order valence-corrected chi connectivity index (χ3v) is 5.65. The molecule has 1 fully saturated rings. The number of benzene rings is 3. The monoisotopic (exact) mass is 441 g/mol. The number of anilines is 1.